The van der Waals surface area contributed by atoms with Crippen LogP contribution in [0.2, 0.25) is 0 Å². The van der Waals surface area contributed by atoms with Gasteiger partial charge in [0.2, 0.25) is 5.91 Å². The summed E-state index contributed by atoms with van der Waals surface area (Å²) in [6, 6.07) is 7.31. The van der Waals surface area contributed by atoms with Gasteiger partial charge in [-0.2, -0.15) is 11.8 Å². The summed E-state index contributed by atoms with van der Waals surface area (Å²) in [6.07, 6.45) is 4.18. The summed E-state index contributed by atoms with van der Waals surface area (Å²) < 4.78 is 1.66. The van der Waals surface area contributed by atoms with Crippen LogP contribution in [0.15, 0.2) is 30.5 Å². The van der Waals surface area contributed by atoms with Crippen molar-refractivity contribution in [2.45, 2.75) is 13.0 Å². The van der Waals surface area contributed by atoms with Crippen LogP contribution in [0.5, 0.6) is 0 Å². The molecule has 2 rings (SSSR count). The van der Waals surface area contributed by atoms with E-state index in [1.54, 1.807) is 28.6 Å². The van der Waals surface area contributed by atoms with Gasteiger partial charge in [0.05, 0.1) is 0 Å². The molecule has 1 amide bonds. The van der Waals surface area contributed by atoms with Crippen molar-refractivity contribution < 1.29 is 14.7 Å². The molecule has 0 saturated carbocycles. The van der Waals surface area contributed by atoms with Crippen LogP contribution >= 0.6 is 11.8 Å². The van der Waals surface area contributed by atoms with Crippen molar-refractivity contribution in [1.29, 1.82) is 0 Å². The fraction of sp³-hybridized carbons (Fsp3) is 0.286. The van der Waals surface area contributed by atoms with Gasteiger partial charge in [-0.15, -0.1) is 0 Å². The number of amides is 1. The number of anilines is 1. The van der Waals surface area contributed by atoms with E-state index in [2.05, 4.69) is 5.32 Å². The van der Waals surface area contributed by atoms with Crippen molar-refractivity contribution in [1.82, 2.24) is 4.57 Å². The molecule has 0 unspecified atom stereocenters. The normalized spacial score (nSPS) is 10.7. The molecule has 0 aliphatic rings. The number of carboxylic acids is 1. The molecule has 106 valence electrons. The van der Waals surface area contributed by atoms with Crippen LogP contribution in [-0.2, 0) is 16.1 Å². The lowest BCUT2D eigenvalue weighted by Crippen LogP contribution is -2.12. The molecule has 1 aromatic carbocycles. The molecule has 1 heterocycles. The second-order valence-electron chi connectivity index (χ2n) is 4.40. The van der Waals surface area contributed by atoms with E-state index in [4.69, 9.17) is 5.11 Å². The zero-order valence-electron chi connectivity index (χ0n) is 11.1. The van der Waals surface area contributed by atoms with Gasteiger partial charge in [0, 0.05) is 35.0 Å². The third-order valence-corrected chi connectivity index (χ3v) is 3.51. The fourth-order valence-electron chi connectivity index (χ4n) is 1.98. The Balaban J connectivity index is 2.14. The molecular weight excluding hydrogens is 276 g/mol. The van der Waals surface area contributed by atoms with Gasteiger partial charge in [-0.25, -0.2) is 0 Å². The van der Waals surface area contributed by atoms with E-state index in [0.717, 1.165) is 22.3 Å². The van der Waals surface area contributed by atoms with Gasteiger partial charge in [-0.1, -0.05) is 0 Å². The molecule has 0 spiro atoms. The van der Waals surface area contributed by atoms with Gasteiger partial charge in [-0.3, -0.25) is 9.59 Å². The Morgan fingerprint density at radius 2 is 2.15 bits per heavy atom. The molecule has 0 saturated heterocycles. The van der Waals surface area contributed by atoms with Crippen molar-refractivity contribution in [3.63, 3.8) is 0 Å². The van der Waals surface area contributed by atoms with E-state index in [1.807, 2.05) is 24.5 Å². The first-order valence-corrected chi connectivity index (χ1v) is 7.59. The molecule has 1 aromatic heterocycles. The Labute approximate surface area is 121 Å². The lowest BCUT2D eigenvalue weighted by atomic mass is 10.2. The Hall–Kier alpha value is -1.95. The van der Waals surface area contributed by atoms with E-state index in [-0.39, 0.29) is 12.5 Å². The van der Waals surface area contributed by atoms with Crippen LogP contribution in [0.1, 0.15) is 6.42 Å². The van der Waals surface area contributed by atoms with Crippen molar-refractivity contribution in [2.75, 3.05) is 17.3 Å². The summed E-state index contributed by atoms with van der Waals surface area (Å²) in [6.45, 7) is -0.0665. The summed E-state index contributed by atoms with van der Waals surface area (Å²) in [7, 11) is 0. The molecule has 5 nitrogen and oxygen atoms in total. The number of carbonyl (C=O) groups is 2. The third kappa shape index (κ3) is 3.54. The lowest BCUT2D eigenvalue weighted by Gasteiger charge is -2.06. The van der Waals surface area contributed by atoms with E-state index in [9.17, 15) is 9.59 Å². The zero-order valence-corrected chi connectivity index (χ0v) is 11.9. The number of carbonyl (C=O) groups excluding carboxylic acids is 1. The molecule has 0 aliphatic carbocycles. The Morgan fingerprint density at radius 1 is 1.35 bits per heavy atom. The predicted octanol–water partition coefficient (Wildman–Crippen LogP) is 2.42. The number of fused-ring (bicyclic) bond motifs is 1. The number of nitrogens with one attached hydrogen (secondary N) is 1. The molecule has 2 N–H and O–H groups in total. The van der Waals surface area contributed by atoms with Gasteiger partial charge < -0.3 is 15.0 Å². The van der Waals surface area contributed by atoms with Crippen molar-refractivity contribution in [3.8, 4) is 0 Å². The maximum absolute atomic E-state index is 11.7. The van der Waals surface area contributed by atoms with Crippen LogP contribution in [0, 0.1) is 0 Å². The number of benzene rings is 1. The van der Waals surface area contributed by atoms with Gasteiger partial charge in [-0.05, 0) is 30.5 Å². The maximum atomic E-state index is 11.7. The molecule has 0 aliphatic heterocycles. The summed E-state index contributed by atoms with van der Waals surface area (Å²) in [5.41, 5.74) is 1.58. The van der Waals surface area contributed by atoms with Crippen LogP contribution in [-0.4, -0.2) is 33.6 Å². The Bertz CT molecular complexity index is 636. The monoisotopic (exact) mass is 292 g/mol. The first kappa shape index (κ1) is 14.5. The average molecular weight is 292 g/mol. The number of aromatic nitrogens is 1. The second kappa shape index (κ2) is 6.47. The number of carboxylic acid groups (broad SMARTS) is 1. The smallest absolute Gasteiger partial charge is 0.323 e. The molecule has 0 radical (unpaired) electrons. The van der Waals surface area contributed by atoms with Crippen LogP contribution in [0.4, 0.5) is 5.69 Å². The molecule has 2 aromatic rings. The molecule has 0 bridgehead atoms. The largest absolute Gasteiger partial charge is 0.480 e. The van der Waals surface area contributed by atoms with Gasteiger partial charge in [0.1, 0.15) is 6.54 Å². The maximum Gasteiger partial charge on any atom is 0.323 e. The standard InChI is InChI=1S/C14H16N2O3S/c1-20-7-5-13(17)15-11-2-3-12-10(8-11)4-6-16(12)9-14(18)19/h2-4,6,8H,5,7,9H2,1H3,(H,15,17)(H,18,19). The number of aliphatic carboxylic acids is 1. The number of thioether (sulfide) groups is 1. The fourth-order valence-corrected chi connectivity index (χ4v) is 2.37. The van der Waals surface area contributed by atoms with Crippen molar-refractivity contribution in [2.24, 2.45) is 0 Å². The van der Waals surface area contributed by atoms with E-state index >= 15 is 0 Å². The first-order chi connectivity index (χ1) is 9.60. The van der Waals surface area contributed by atoms with Crippen LogP contribution in [0.3, 0.4) is 0 Å². The zero-order chi connectivity index (χ0) is 14.5. The highest BCUT2D eigenvalue weighted by Gasteiger charge is 2.07. The minimum absolute atomic E-state index is 0.0105. The summed E-state index contributed by atoms with van der Waals surface area (Å²) in [4.78, 5) is 22.4. The minimum Gasteiger partial charge on any atom is -0.480 e. The molecule has 6 heteroatoms. The molecular formula is C14H16N2O3S. The highest BCUT2D eigenvalue weighted by Crippen LogP contribution is 2.20. The third-order valence-electron chi connectivity index (χ3n) is 2.89. The SMILES string of the molecule is CSCCC(=O)Nc1ccc2c(ccn2CC(=O)O)c1. The van der Waals surface area contributed by atoms with Crippen molar-refractivity contribution >= 4 is 40.2 Å². The minimum atomic E-state index is -0.878. The topological polar surface area (TPSA) is 71.3 Å². The van der Waals surface area contributed by atoms with Crippen LogP contribution < -0.4 is 5.32 Å². The summed E-state index contributed by atoms with van der Waals surface area (Å²) in [5, 5.41) is 12.6. The molecule has 0 atom stereocenters. The number of hydrogen-bond donors (Lipinski definition) is 2. The highest BCUT2D eigenvalue weighted by atomic mass is 32.2. The van der Waals surface area contributed by atoms with Crippen LogP contribution in [0.25, 0.3) is 10.9 Å². The number of nitrogens with zero attached hydrogens (tertiary/aromatic N) is 1. The quantitative estimate of drug-likeness (QED) is 0.857. The highest BCUT2D eigenvalue weighted by molar-refractivity contribution is 7.98. The van der Waals surface area contributed by atoms with Gasteiger partial charge in [0.25, 0.3) is 0 Å². The Morgan fingerprint density at radius 3 is 2.85 bits per heavy atom. The van der Waals surface area contributed by atoms with E-state index in [0.29, 0.717) is 6.42 Å². The average Bonchev–Trinajstić information content (AvgIpc) is 2.78. The lowest BCUT2D eigenvalue weighted by molar-refractivity contribution is -0.137. The number of rotatable bonds is 6. The first-order valence-electron chi connectivity index (χ1n) is 6.19. The van der Waals surface area contributed by atoms with Crippen molar-refractivity contribution in [3.05, 3.63) is 30.5 Å². The number of hydrogen-bond acceptors (Lipinski definition) is 3. The summed E-state index contributed by atoms with van der Waals surface area (Å²) in [5.74, 6) is -0.0936. The van der Waals surface area contributed by atoms with Gasteiger partial charge >= 0.3 is 5.97 Å². The Kier molecular flexibility index (Phi) is 4.68. The van der Waals surface area contributed by atoms with Gasteiger partial charge in [0.15, 0.2) is 0 Å². The predicted molar refractivity (Wildman–Crippen MR) is 81.2 cm³/mol. The van der Waals surface area contributed by atoms with E-state index in [1.165, 1.54) is 0 Å². The summed E-state index contributed by atoms with van der Waals surface area (Å²) >= 11 is 1.63. The molecule has 20 heavy (non-hydrogen) atoms. The van der Waals surface area contributed by atoms with E-state index < -0.39 is 5.97 Å². The second-order valence-corrected chi connectivity index (χ2v) is 5.39. The molecule has 0 fully saturated rings.